The molecule has 0 amide bonds. The van der Waals surface area contributed by atoms with E-state index in [-0.39, 0.29) is 15.4 Å². The maximum Gasteiger partial charge on any atom is 0.263 e. The highest BCUT2D eigenvalue weighted by molar-refractivity contribution is 8.14. The molecule has 3 nitrogen and oxygen atoms in total. The van der Waals surface area contributed by atoms with Crippen LogP contribution in [0.5, 0.6) is 0 Å². The summed E-state index contributed by atoms with van der Waals surface area (Å²) in [6, 6.07) is 4.91. The van der Waals surface area contributed by atoms with Gasteiger partial charge >= 0.3 is 0 Å². The van der Waals surface area contributed by atoms with Crippen LogP contribution in [0.4, 0.5) is 0 Å². The van der Waals surface area contributed by atoms with Gasteiger partial charge in [-0.3, -0.25) is 0 Å². The van der Waals surface area contributed by atoms with Crippen molar-refractivity contribution in [2.75, 3.05) is 0 Å². The number of rotatable bonds is 2. The highest BCUT2D eigenvalue weighted by Gasteiger charge is 2.19. The summed E-state index contributed by atoms with van der Waals surface area (Å²) in [7, 11) is 1.29. The largest absolute Gasteiger partial charge is 0.263 e. The Labute approximate surface area is 98.5 Å². The van der Waals surface area contributed by atoms with Crippen LogP contribution in [-0.2, 0) is 15.5 Å². The average molecular weight is 262 g/mol. The van der Waals surface area contributed by atoms with Gasteiger partial charge in [0.05, 0.1) is 5.56 Å². The zero-order valence-corrected chi connectivity index (χ0v) is 10.3. The Bertz CT molecular complexity index is 532. The summed E-state index contributed by atoms with van der Waals surface area (Å²) in [6.07, 6.45) is 0.699. The summed E-state index contributed by atoms with van der Waals surface area (Å²) < 4.78 is 22.4. The first-order valence-corrected chi connectivity index (χ1v) is 6.86. The fraction of sp³-hybridized carbons (Fsp3) is 0.222. The van der Waals surface area contributed by atoms with E-state index in [1.165, 1.54) is 6.07 Å². The van der Waals surface area contributed by atoms with Gasteiger partial charge in [0.2, 0.25) is 0 Å². The Morgan fingerprint density at radius 3 is 2.53 bits per heavy atom. The minimum Gasteiger partial charge on any atom is -0.207 e. The molecule has 0 aliphatic rings. The molecule has 6 heteroatoms. The molecular weight excluding hydrogens is 254 g/mol. The second-order valence-electron chi connectivity index (χ2n) is 2.89. The first-order chi connectivity index (χ1) is 6.90. The molecule has 0 heterocycles. The third-order valence-corrected chi connectivity index (χ3v) is 3.80. The van der Waals surface area contributed by atoms with E-state index in [0.29, 0.717) is 6.42 Å². The van der Waals surface area contributed by atoms with E-state index < -0.39 is 9.05 Å². The quantitative estimate of drug-likeness (QED) is 0.657. The van der Waals surface area contributed by atoms with Gasteiger partial charge in [0.25, 0.3) is 9.05 Å². The highest BCUT2D eigenvalue weighted by atomic mass is 35.7. The van der Waals surface area contributed by atoms with Crippen LogP contribution in [0, 0.1) is 11.3 Å². The molecule has 15 heavy (non-hydrogen) atoms. The molecule has 0 atom stereocenters. The van der Waals surface area contributed by atoms with E-state index in [1.54, 1.807) is 12.1 Å². The van der Waals surface area contributed by atoms with Crippen molar-refractivity contribution in [1.82, 2.24) is 0 Å². The van der Waals surface area contributed by atoms with Crippen LogP contribution < -0.4 is 0 Å². The highest BCUT2D eigenvalue weighted by Crippen LogP contribution is 2.28. The molecular formula is C9H8ClNO2S2. The molecule has 1 rings (SSSR count). The molecule has 0 N–H and O–H groups in total. The van der Waals surface area contributed by atoms with Crippen molar-refractivity contribution in [1.29, 1.82) is 5.26 Å². The van der Waals surface area contributed by atoms with Gasteiger partial charge in [-0.25, -0.2) is 8.42 Å². The summed E-state index contributed by atoms with van der Waals surface area (Å²) in [5, 5.41) is 8.82. The molecule has 0 radical (unpaired) electrons. The van der Waals surface area contributed by atoms with Gasteiger partial charge in [-0.1, -0.05) is 6.92 Å². The maximum absolute atomic E-state index is 11.2. The van der Waals surface area contributed by atoms with Crippen LogP contribution in [-0.4, -0.2) is 8.42 Å². The van der Waals surface area contributed by atoms with Crippen molar-refractivity contribution in [2.45, 2.75) is 23.1 Å². The molecule has 0 aliphatic heterocycles. The maximum atomic E-state index is 11.2. The standard InChI is InChI=1S/C9H8ClNO2S2/c1-2-6-3-7(5-11)9(8(14)4-6)15(10,12)13/h3-4,14H,2H2,1H3. The predicted octanol–water partition coefficient (Wildman–Crippen LogP) is 2.34. The van der Waals surface area contributed by atoms with Crippen LogP contribution in [0.3, 0.4) is 0 Å². The average Bonchev–Trinajstić information content (AvgIpc) is 2.14. The fourth-order valence-corrected chi connectivity index (χ4v) is 3.20. The minimum atomic E-state index is -3.93. The minimum absolute atomic E-state index is 0.0364. The zero-order chi connectivity index (χ0) is 11.6. The van der Waals surface area contributed by atoms with Crippen LogP contribution in [0.15, 0.2) is 21.9 Å². The number of nitriles is 1. The van der Waals surface area contributed by atoms with E-state index in [2.05, 4.69) is 12.6 Å². The van der Waals surface area contributed by atoms with Crippen molar-refractivity contribution in [2.24, 2.45) is 0 Å². The predicted molar refractivity (Wildman–Crippen MR) is 60.8 cm³/mol. The van der Waals surface area contributed by atoms with Gasteiger partial charge in [0.15, 0.2) is 0 Å². The summed E-state index contributed by atoms with van der Waals surface area (Å²) in [5.74, 6) is 0. The monoisotopic (exact) mass is 261 g/mol. The van der Waals surface area contributed by atoms with E-state index in [1.807, 2.05) is 6.92 Å². The summed E-state index contributed by atoms with van der Waals surface area (Å²) in [4.78, 5) is -0.00639. The second kappa shape index (κ2) is 4.44. The lowest BCUT2D eigenvalue weighted by Gasteiger charge is -2.06. The summed E-state index contributed by atoms with van der Waals surface area (Å²) in [5.41, 5.74) is 0.884. The molecule has 1 aromatic rings. The van der Waals surface area contributed by atoms with Crippen molar-refractivity contribution in [3.63, 3.8) is 0 Å². The molecule has 0 fully saturated rings. The number of aryl methyl sites for hydroxylation is 1. The molecule has 0 saturated carbocycles. The third-order valence-electron chi connectivity index (χ3n) is 1.90. The Morgan fingerprint density at radius 1 is 1.53 bits per heavy atom. The van der Waals surface area contributed by atoms with Gasteiger partial charge in [0.1, 0.15) is 11.0 Å². The molecule has 80 valence electrons. The lowest BCUT2D eigenvalue weighted by Crippen LogP contribution is -1.98. The molecule has 0 saturated heterocycles. The second-order valence-corrected chi connectivity index (χ2v) is 5.88. The lowest BCUT2D eigenvalue weighted by atomic mass is 10.1. The number of nitrogens with zero attached hydrogens (tertiary/aromatic N) is 1. The Kier molecular flexibility index (Phi) is 3.66. The Morgan fingerprint density at radius 2 is 2.13 bits per heavy atom. The molecule has 0 unspecified atom stereocenters. The van der Waals surface area contributed by atoms with Crippen molar-refractivity contribution in [3.8, 4) is 6.07 Å². The molecule has 0 spiro atoms. The number of hydrogen-bond donors (Lipinski definition) is 1. The van der Waals surface area contributed by atoms with Crippen LogP contribution in [0.2, 0.25) is 0 Å². The van der Waals surface area contributed by atoms with Gasteiger partial charge in [-0.15, -0.1) is 12.6 Å². The normalized spacial score (nSPS) is 11.1. The molecule has 0 bridgehead atoms. The Hall–Kier alpha value is -0.700. The van der Waals surface area contributed by atoms with Crippen LogP contribution >= 0.6 is 23.3 Å². The number of hydrogen-bond acceptors (Lipinski definition) is 4. The van der Waals surface area contributed by atoms with E-state index >= 15 is 0 Å². The SMILES string of the molecule is CCc1cc(S)c(S(=O)(=O)Cl)c(C#N)c1. The lowest BCUT2D eigenvalue weighted by molar-refractivity contribution is 0.607. The zero-order valence-electron chi connectivity index (χ0n) is 7.86. The first kappa shape index (κ1) is 12.4. The van der Waals surface area contributed by atoms with E-state index in [9.17, 15) is 8.42 Å². The van der Waals surface area contributed by atoms with Crippen LogP contribution in [0.1, 0.15) is 18.1 Å². The Balaban J connectivity index is 3.61. The van der Waals surface area contributed by atoms with Crippen LogP contribution in [0.25, 0.3) is 0 Å². The number of benzene rings is 1. The van der Waals surface area contributed by atoms with Gasteiger partial charge in [0, 0.05) is 15.6 Å². The van der Waals surface area contributed by atoms with Crippen molar-refractivity contribution >= 4 is 32.4 Å². The van der Waals surface area contributed by atoms with Crippen molar-refractivity contribution in [3.05, 3.63) is 23.3 Å². The molecule has 1 aromatic carbocycles. The smallest absolute Gasteiger partial charge is 0.207 e. The summed E-state index contributed by atoms with van der Waals surface area (Å²) in [6.45, 7) is 1.90. The van der Waals surface area contributed by atoms with Gasteiger partial charge < -0.3 is 0 Å². The number of halogens is 1. The third kappa shape index (κ3) is 2.65. The van der Waals surface area contributed by atoms with Gasteiger partial charge in [-0.2, -0.15) is 5.26 Å². The fourth-order valence-electron chi connectivity index (χ4n) is 1.22. The van der Waals surface area contributed by atoms with Gasteiger partial charge in [-0.05, 0) is 24.1 Å². The topological polar surface area (TPSA) is 57.9 Å². The van der Waals surface area contributed by atoms with Crippen molar-refractivity contribution < 1.29 is 8.42 Å². The molecule has 0 aromatic heterocycles. The van der Waals surface area contributed by atoms with E-state index in [4.69, 9.17) is 15.9 Å². The number of thiol groups is 1. The van der Waals surface area contributed by atoms with E-state index in [0.717, 1.165) is 5.56 Å². The summed E-state index contributed by atoms with van der Waals surface area (Å²) >= 11 is 4.02. The first-order valence-electron chi connectivity index (χ1n) is 4.10. The molecule has 0 aliphatic carbocycles.